The van der Waals surface area contributed by atoms with Crippen LogP contribution in [-0.4, -0.2) is 28.0 Å². The third kappa shape index (κ3) is 1.98. The molecule has 2 saturated heterocycles. The maximum atomic E-state index is 6.12. The van der Waals surface area contributed by atoms with Crippen LogP contribution in [0.4, 0.5) is 0 Å². The summed E-state index contributed by atoms with van der Waals surface area (Å²) in [6.07, 6.45) is 8.78. The topological polar surface area (TPSA) is 42.2 Å². The minimum atomic E-state index is 0.424. The van der Waals surface area contributed by atoms with Gasteiger partial charge in [-0.05, 0) is 50.3 Å². The molecular weight excluding hydrogens is 210 g/mol. The number of hydrogen-bond acceptors (Lipinski definition) is 3. The number of fused-ring (bicyclic) bond motifs is 2. The van der Waals surface area contributed by atoms with Gasteiger partial charge in [0.1, 0.15) is 0 Å². The van der Waals surface area contributed by atoms with Crippen LogP contribution in [0.5, 0.6) is 0 Å². The molecule has 3 heteroatoms. The molecule has 2 N–H and O–H groups in total. The van der Waals surface area contributed by atoms with Gasteiger partial charge in [0, 0.05) is 36.6 Å². The minimum absolute atomic E-state index is 0.424. The zero-order valence-corrected chi connectivity index (χ0v) is 10.4. The Kier molecular flexibility index (Phi) is 2.89. The van der Waals surface area contributed by atoms with E-state index >= 15 is 0 Å². The fourth-order valence-electron chi connectivity index (χ4n) is 3.70. The molecule has 3 atom stereocenters. The summed E-state index contributed by atoms with van der Waals surface area (Å²) in [5, 5.41) is 0. The van der Waals surface area contributed by atoms with Crippen LogP contribution >= 0.6 is 0 Å². The van der Waals surface area contributed by atoms with E-state index in [2.05, 4.69) is 28.9 Å². The maximum Gasteiger partial charge on any atom is 0.0326 e. The van der Waals surface area contributed by atoms with Gasteiger partial charge in [0.05, 0.1) is 0 Å². The number of piperidine rings is 1. The van der Waals surface area contributed by atoms with Gasteiger partial charge in [0.25, 0.3) is 0 Å². The largest absolute Gasteiger partial charge is 0.328 e. The lowest BCUT2D eigenvalue weighted by molar-refractivity contribution is 0.0853. The molecule has 17 heavy (non-hydrogen) atoms. The van der Waals surface area contributed by atoms with E-state index in [1.165, 1.54) is 31.2 Å². The standard InChI is InChI=1S/C14H21N3/c1-10(11-4-6-16-7-5-11)17-13-2-3-14(17)9-12(15)8-13/h4-7,10,12-14H,2-3,8-9,15H2,1H3. The average molecular weight is 231 g/mol. The van der Waals surface area contributed by atoms with E-state index in [4.69, 9.17) is 5.73 Å². The van der Waals surface area contributed by atoms with Crippen LogP contribution in [0, 0.1) is 0 Å². The Hall–Kier alpha value is -0.930. The SMILES string of the molecule is CC(c1ccncc1)N1C2CCC1CC(N)C2. The van der Waals surface area contributed by atoms with E-state index in [9.17, 15) is 0 Å². The van der Waals surface area contributed by atoms with Crippen molar-refractivity contribution in [2.75, 3.05) is 0 Å². The van der Waals surface area contributed by atoms with Crippen molar-refractivity contribution in [2.45, 2.75) is 56.8 Å². The molecule has 0 aliphatic carbocycles. The molecule has 0 amide bonds. The first kappa shape index (κ1) is 11.2. The summed E-state index contributed by atoms with van der Waals surface area (Å²) in [5.74, 6) is 0. The highest BCUT2D eigenvalue weighted by Crippen LogP contribution is 2.40. The van der Waals surface area contributed by atoms with Gasteiger partial charge in [0.2, 0.25) is 0 Å². The summed E-state index contributed by atoms with van der Waals surface area (Å²) in [7, 11) is 0. The van der Waals surface area contributed by atoms with Crippen molar-refractivity contribution >= 4 is 0 Å². The summed E-state index contributed by atoms with van der Waals surface area (Å²) in [5.41, 5.74) is 7.50. The molecule has 0 saturated carbocycles. The number of nitrogens with zero attached hydrogens (tertiary/aromatic N) is 2. The summed E-state index contributed by atoms with van der Waals surface area (Å²) < 4.78 is 0. The van der Waals surface area contributed by atoms with Crippen LogP contribution in [0.1, 0.15) is 44.2 Å². The highest BCUT2D eigenvalue weighted by molar-refractivity contribution is 5.16. The van der Waals surface area contributed by atoms with Crippen LogP contribution in [0.3, 0.4) is 0 Å². The second-order valence-corrected chi connectivity index (χ2v) is 5.52. The molecule has 2 fully saturated rings. The van der Waals surface area contributed by atoms with Crippen LogP contribution in [0.2, 0.25) is 0 Å². The molecule has 0 spiro atoms. The van der Waals surface area contributed by atoms with E-state index < -0.39 is 0 Å². The third-order valence-corrected chi connectivity index (χ3v) is 4.46. The van der Waals surface area contributed by atoms with E-state index in [0.29, 0.717) is 24.2 Å². The molecule has 2 bridgehead atoms. The Labute approximate surface area is 103 Å². The molecular formula is C14H21N3. The molecule has 2 aliphatic rings. The first-order chi connectivity index (χ1) is 8.25. The Morgan fingerprint density at radius 3 is 2.41 bits per heavy atom. The predicted molar refractivity (Wildman–Crippen MR) is 68.5 cm³/mol. The monoisotopic (exact) mass is 231 g/mol. The number of pyridine rings is 1. The number of hydrogen-bond donors (Lipinski definition) is 1. The van der Waals surface area contributed by atoms with Crippen molar-refractivity contribution in [2.24, 2.45) is 5.73 Å². The summed E-state index contributed by atoms with van der Waals surface area (Å²) >= 11 is 0. The molecule has 0 aromatic carbocycles. The maximum absolute atomic E-state index is 6.12. The fourth-order valence-corrected chi connectivity index (χ4v) is 3.70. The van der Waals surface area contributed by atoms with Crippen molar-refractivity contribution in [1.82, 2.24) is 9.88 Å². The number of aromatic nitrogens is 1. The van der Waals surface area contributed by atoms with Gasteiger partial charge in [-0.15, -0.1) is 0 Å². The Balaban J connectivity index is 1.81. The van der Waals surface area contributed by atoms with Gasteiger partial charge in [-0.2, -0.15) is 0 Å². The fraction of sp³-hybridized carbons (Fsp3) is 0.643. The molecule has 3 heterocycles. The molecule has 3 nitrogen and oxygen atoms in total. The Bertz CT molecular complexity index is 364. The first-order valence-electron chi connectivity index (χ1n) is 6.68. The quantitative estimate of drug-likeness (QED) is 0.847. The van der Waals surface area contributed by atoms with Crippen molar-refractivity contribution in [3.63, 3.8) is 0 Å². The molecule has 3 rings (SSSR count). The lowest BCUT2D eigenvalue weighted by Gasteiger charge is -2.41. The van der Waals surface area contributed by atoms with Gasteiger partial charge in [0.15, 0.2) is 0 Å². The molecule has 3 unspecified atom stereocenters. The second-order valence-electron chi connectivity index (χ2n) is 5.52. The smallest absolute Gasteiger partial charge is 0.0326 e. The van der Waals surface area contributed by atoms with Crippen LogP contribution < -0.4 is 5.73 Å². The highest BCUT2D eigenvalue weighted by atomic mass is 15.2. The Morgan fingerprint density at radius 1 is 1.24 bits per heavy atom. The second kappa shape index (κ2) is 4.39. The normalized spacial score (nSPS) is 34.8. The van der Waals surface area contributed by atoms with E-state index in [0.717, 1.165) is 0 Å². The lowest BCUT2D eigenvalue weighted by Crippen LogP contribution is -2.48. The minimum Gasteiger partial charge on any atom is -0.328 e. The van der Waals surface area contributed by atoms with Gasteiger partial charge in [-0.25, -0.2) is 0 Å². The Morgan fingerprint density at radius 2 is 1.82 bits per heavy atom. The van der Waals surface area contributed by atoms with Crippen molar-refractivity contribution in [3.05, 3.63) is 30.1 Å². The molecule has 1 aromatic rings. The number of rotatable bonds is 2. The highest BCUT2D eigenvalue weighted by Gasteiger charge is 2.41. The van der Waals surface area contributed by atoms with Crippen molar-refractivity contribution in [1.29, 1.82) is 0 Å². The molecule has 0 radical (unpaired) electrons. The van der Waals surface area contributed by atoms with Gasteiger partial charge in [-0.3, -0.25) is 9.88 Å². The van der Waals surface area contributed by atoms with E-state index in [-0.39, 0.29) is 0 Å². The molecule has 2 aliphatic heterocycles. The van der Waals surface area contributed by atoms with E-state index in [1.807, 2.05) is 12.4 Å². The molecule has 1 aromatic heterocycles. The zero-order chi connectivity index (χ0) is 11.8. The average Bonchev–Trinajstić information content (AvgIpc) is 2.62. The predicted octanol–water partition coefficient (Wildman–Crippen LogP) is 2.10. The van der Waals surface area contributed by atoms with E-state index in [1.54, 1.807) is 0 Å². The summed E-state index contributed by atoms with van der Waals surface area (Å²) in [4.78, 5) is 6.79. The van der Waals surface area contributed by atoms with Crippen LogP contribution in [0.15, 0.2) is 24.5 Å². The zero-order valence-electron chi connectivity index (χ0n) is 10.4. The van der Waals surface area contributed by atoms with Crippen LogP contribution in [0.25, 0.3) is 0 Å². The van der Waals surface area contributed by atoms with Gasteiger partial charge in [-0.1, -0.05) is 0 Å². The first-order valence-corrected chi connectivity index (χ1v) is 6.68. The van der Waals surface area contributed by atoms with Gasteiger partial charge < -0.3 is 5.73 Å². The summed E-state index contributed by atoms with van der Waals surface area (Å²) in [6.45, 7) is 2.32. The third-order valence-electron chi connectivity index (χ3n) is 4.46. The number of nitrogens with two attached hydrogens (primary N) is 1. The van der Waals surface area contributed by atoms with Crippen molar-refractivity contribution < 1.29 is 0 Å². The summed E-state index contributed by atoms with van der Waals surface area (Å²) in [6, 6.07) is 6.60. The van der Waals surface area contributed by atoms with Gasteiger partial charge >= 0.3 is 0 Å². The van der Waals surface area contributed by atoms with Crippen molar-refractivity contribution in [3.8, 4) is 0 Å². The lowest BCUT2D eigenvalue weighted by atomic mass is 9.94. The van der Waals surface area contributed by atoms with Crippen LogP contribution in [-0.2, 0) is 0 Å². The molecule has 92 valence electrons.